The van der Waals surface area contributed by atoms with Gasteiger partial charge in [0.05, 0.1) is 19.9 Å². The number of halogens is 1. The molecule has 0 aliphatic heterocycles. The Balaban J connectivity index is 1.65. The van der Waals surface area contributed by atoms with Crippen molar-refractivity contribution in [1.82, 2.24) is 5.43 Å². The van der Waals surface area contributed by atoms with Gasteiger partial charge in [0.15, 0.2) is 11.5 Å². The maximum absolute atomic E-state index is 12.5. The number of carbonyl (C=O) groups is 1. The lowest BCUT2D eigenvalue weighted by molar-refractivity contribution is 0.0954. The molecule has 0 aliphatic rings. The summed E-state index contributed by atoms with van der Waals surface area (Å²) in [5.41, 5.74) is 4.67. The summed E-state index contributed by atoms with van der Waals surface area (Å²) in [6.45, 7) is 2.72. The molecule has 160 valence electrons. The van der Waals surface area contributed by atoms with Crippen LogP contribution in [0.3, 0.4) is 0 Å². The molecule has 0 aromatic heterocycles. The molecule has 1 amide bonds. The van der Waals surface area contributed by atoms with Crippen LogP contribution < -0.4 is 19.6 Å². The highest BCUT2D eigenvalue weighted by Crippen LogP contribution is 2.28. The Bertz CT molecular complexity index is 1050. The number of nitrogens with zero attached hydrogens (tertiary/aromatic N) is 1. The predicted molar refractivity (Wildman–Crippen MR) is 121 cm³/mol. The number of nitrogens with one attached hydrogen (secondary N) is 1. The van der Waals surface area contributed by atoms with Crippen molar-refractivity contribution in [3.8, 4) is 17.2 Å². The molecule has 0 saturated carbocycles. The molecule has 0 fully saturated rings. The number of ether oxygens (including phenoxy) is 3. The first-order chi connectivity index (χ1) is 15.1. The average molecular weight is 439 g/mol. The zero-order valence-electron chi connectivity index (χ0n) is 17.3. The standard InChI is InChI=1S/C24H23ClN2O4/c1-3-30-23-14-18(10-13-22(23)29-2)24(28)27-26-15-19-6-4-5-7-21(19)31-16-17-8-11-20(25)12-9-17/h4-15H,3,16H2,1-2H3,(H,27,28)/b26-15+. The smallest absolute Gasteiger partial charge is 0.271 e. The normalized spacial score (nSPS) is 10.7. The zero-order valence-corrected chi connectivity index (χ0v) is 18.1. The highest BCUT2D eigenvalue weighted by molar-refractivity contribution is 6.30. The van der Waals surface area contributed by atoms with Gasteiger partial charge in [-0.05, 0) is 55.0 Å². The topological polar surface area (TPSA) is 69.2 Å². The molecule has 0 saturated heterocycles. The third kappa shape index (κ3) is 6.23. The Morgan fingerprint density at radius 2 is 1.77 bits per heavy atom. The molecule has 1 N–H and O–H groups in total. The van der Waals surface area contributed by atoms with E-state index in [4.69, 9.17) is 25.8 Å². The summed E-state index contributed by atoms with van der Waals surface area (Å²) in [6.07, 6.45) is 1.54. The maximum Gasteiger partial charge on any atom is 0.271 e. The van der Waals surface area contributed by atoms with Gasteiger partial charge in [-0.15, -0.1) is 0 Å². The summed E-state index contributed by atoms with van der Waals surface area (Å²) in [5, 5.41) is 4.75. The van der Waals surface area contributed by atoms with Gasteiger partial charge in [0, 0.05) is 16.1 Å². The van der Waals surface area contributed by atoms with Gasteiger partial charge in [-0.1, -0.05) is 35.9 Å². The number of methoxy groups -OCH3 is 1. The molecular weight excluding hydrogens is 416 g/mol. The molecule has 0 radical (unpaired) electrons. The second-order valence-electron chi connectivity index (χ2n) is 6.45. The summed E-state index contributed by atoms with van der Waals surface area (Å²) in [4.78, 5) is 12.5. The summed E-state index contributed by atoms with van der Waals surface area (Å²) >= 11 is 5.91. The molecule has 6 nitrogen and oxygen atoms in total. The molecule has 3 aromatic carbocycles. The lowest BCUT2D eigenvalue weighted by Gasteiger charge is -2.10. The van der Waals surface area contributed by atoms with Crippen LogP contribution >= 0.6 is 11.6 Å². The number of carbonyl (C=O) groups excluding carboxylic acids is 1. The lowest BCUT2D eigenvalue weighted by atomic mass is 10.2. The van der Waals surface area contributed by atoms with Gasteiger partial charge in [0.1, 0.15) is 12.4 Å². The number of hydrazone groups is 1. The van der Waals surface area contributed by atoms with Crippen LogP contribution in [0.2, 0.25) is 5.02 Å². The van der Waals surface area contributed by atoms with Crippen molar-refractivity contribution in [2.24, 2.45) is 5.10 Å². The number of hydrogen-bond donors (Lipinski definition) is 1. The number of para-hydroxylation sites is 1. The molecule has 0 unspecified atom stereocenters. The minimum atomic E-state index is -0.362. The molecule has 3 rings (SSSR count). The summed E-state index contributed by atoms with van der Waals surface area (Å²) in [5.74, 6) is 1.36. The van der Waals surface area contributed by atoms with Crippen LogP contribution in [0.25, 0.3) is 0 Å². The van der Waals surface area contributed by atoms with Crippen LogP contribution in [-0.4, -0.2) is 25.8 Å². The Morgan fingerprint density at radius 3 is 2.52 bits per heavy atom. The molecule has 0 heterocycles. The van der Waals surface area contributed by atoms with Crippen LogP contribution in [0.15, 0.2) is 71.8 Å². The van der Waals surface area contributed by atoms with Crippen molar-refractivity contribution in [2.45, 2.75) is 13.5 Å². The van der Waals surface area contributed by atoms with Crippen LogP contribution in [-0.2, 0) is 6.61 Å². The van der Waals surface area contributed by atoms with Crippen molar-refractivity contribution in [3.05, 3.63) is 88.4 Å². The number of rotatable bonds is 9. The van der Waals surface area contributed by atoms with Gasteiger partial charge >= 0.3 is 0 Å². The minimum Gasteiger partial charge on any atom is -0.493 e. The lowest BCUT2D eigenvalue weighted by Crippen LogP contribution is -2.17. The third-order valence-corrected chi connectivity index (χ3v) is 4.57. The summed E-state index contributed by atoms with van der Waals surface area (Å²) < 4.78 is 16.6. The highest BCUT2D eigenvalue weighted by atomic mass is 35.5. The van der Waals surface area contributed by atoms with Gasteiger partial charge in [0.25, 0.3) is 5.91 Å². The second kappa shape index (κ2) is 11.0. The highest BCUT2D eigenvalue weighted by Gasteiger charge is 2.10. The van der Waals surface area contributed by atoms with Crippen LogP contribution in [0, 0.1) is 0 Å². The molecular formula is C24H23ClN2O4. The van der Waals surface area contributed by atoms with Gasteiger partial charge in [-0.25, -0.2) is 5.43 Å². The van der Waals surface area contributed by atoms with E-state index in [1.807, 2.05) is 55.5 Å². The number of amides is 1. The molecule has 0 spiro atoms. The summed E-state index contributed by atoms with van der Waals surface area (Å²) in [7, 11) is 1.55. The molecule has 0 atom stereocenters. The van der Waals surface area contributed by atoms with E-state index in [0.717, 1.165) is 11.1 Å². The third-order valence-electron chi connectivity index (χ3n) is 4.32. The Hall–Kier alpha value is -3.51. The number of hydrogen-bond acceptors (Lipinski definition) is 5. The molecule has 31 heavy (non-hydrogen) atoms. The van der Waals surface area contributed by atoms with Crippen LogP contribution in [0.4, 0.5) is 0 Å². The van der Waals surface area contributed by atoms with Gasteiger partial charge in [-0.2, -0.15) is 5.10 Å². The quantitative estimate of drug-likeness (QED) is 0.373. The van der Waals surface area contributed by atoms with E-state index in [0.29, 0.717) is 41.0 Å². The fraction of sp³-hybridized carbons (Fsp3) is 0.167. The van der Waals surface area contributed by atoms with Crippen molar-refractivity contribution in [1.29, 1.82) is 0 Å². The van der Waals surface area contributed by atoms with Crippen molar-refractivity contribution >= 4 is 23.7 Å². The van der Waals surface area contributed by atoms with Crippen molar-refractivity contribution < 1.29 is 19.0 Å². The SMILES string of the molecule is CCOc1cc(C(=O)N/N=C/c2ccccc2OCc2ccc(Cl)cc2)ccc1OC. The van der Waals surface area contributed by atoms with Crippen molar-refractivity contribution in [2.75, 3.05) is 13.7 Å². The van der Waals surface area contributed by atoms with Gasteiger partial charge in [0.2, 0.25) is 0 Å². The molecule has 0 bridgehead atoms. The van der Waals surface area contributed by atoms with Gasteiger partial charge in [-0.3, -0.25) is 4.79 Å². The van der Waals surface area contributed by atoms with Gasteiger partial charge < -0.3 is 14.2 Å². The monoisotopic (exact) mass is 438 g/mol. The van der Waals surface area contributed by atoms with E-state index >= 15 is 0 Å². The second-order valence-corrected chi connectivity index (χ2v) is 6.89. The summed E-state index contributed by atoms with van der Waals surface area (Å²) in [6, 6.07) is 19.9. The van der Waals surface area contributed by atoms with Crippen molar-refractivity contribution in [3.63, 3.8) is 0 Å². The van der Waals surface area contributed by atoms with E-state index in [-0.39, 0.29) is 5.91 Å². The fourth-order valence-corrected chi connectivity index (χ4v) is 2.90. The Kier molecular flexibility index (Phi) is 7.90. The van der Waals surface area contributed by atoms with E-state index in [9.17, 15) is 4.79 Å². The van der Waals surface area contributed by atoms with E-state index in [1.165, 1.54) is 0 Å². The van der Waals surface area contributed by atoms with Crippen LogP contribution in [0.1, 0.15) is 28.4 Å². The molecule has 3 aromatic rings. The average Bonchev–Trinajstić information content (AvgIpc) is 2.79. The van der Waals surface area contributed by atoms with E-state index < -0.39 is 0 Å². The first kappa shape index (κ1) is 22.2. The largest absolute Gasteiger partial charge is 0.493 e. The molecule has 7 heteroatoms. The fourth-order valence-electron chi connectivity index (χ4n) is 2.77. The van der Waals surface area contributed by atoms with Crippen LogP contribution in [0.5, 0.6) is 17.2 Å². The first-order valence-electron chi connectivity index (χ1n) is 9.71. The number of benzene rings is 3. The van der Waals surface area contributed by atoms with E-state index in [2.05, 4.69) is 10.5 Å². The maximum atomic E-state index is 12.5. The predicted octanol–water partition coefficient (Wildman–Crippen LogP) is 5.09. The minimum absolute atomic E-state index is 0.362. The zero-order chi connectivity index (χ0) is 22.1. The Labute approximate surface area is 186 Å². The Morgan fingerprint density at radius 1 is 1.00 bits per heavy atom. The molecule has 0 aliphatic carbocycles. The first-order valence-corrected chi connectivity index (χ1v) is 10.1. The van der Waals surface area contributed by atoms with E-state index in [1.54, 1.807) is 31.5 Å².